The van der Waals surface area contributed by atoms with Gasteiger partial charge in [0, 0.05) is 26.1 Å². The summed E-state index contributed by atoms with van der Waals surface area (Å²) in [7, 11) is 0. The van der Waals surface area contributed by atoms with E-state index in [9.17, 15) is 9.59 Å². The van der Waals surface area contributed by atoms with Crippen molar-refractivity contribution in [1.82, 2.24) is 10.2 Å². The SMILES string of the molecule is CCC(C(=O)NCCCC(=O)N1Cc2ccccc2C1)c1ccccc1. The van der Waals surface area contributed by atoms with E-state index in [4.69, 9.17) is 0 Å². The standard InChI is InChI=1S/C22H26N2O2/c1-2-20(17-9-4-3-5-10-17)22(26)23-14-8-13-21(25)24-15-18-11-6-7-12-19(18)16-24/h3-7,9-12,20H,2,8,13-16H2,1H3,(H,23,26). The number of amides is 2. The summed E-state index contributed by atoms with van der Waals surface area (Å²) in [5.41, 5.74) is 3.52. The lowest BCUT2D eigenvalue weighted by Gasteiger charge is -2.17. The van der Waals surface area contributed by atoms with Gasteiger partial charge in [0.05, 0.1) is 5.92 Å². The van der Waals surface area contributed by atoms with Crippen LogP contribution in [0.1, 0.15) is 48.8 Å². The van der Waals surface area contributed by atoms with Crippen LogP contribution in [0.15, 0.2) is 54.6 Å². The van der Waals surface area contributed by atoms with Crippen molar-refractivity contribution >= 4 is 11.8 Å². The van der Waals surface area contributed by atoms with Gasteiger partial charge >= 0.3 is 0 Å². The highest BCUT2D eigenvalue weighted by Gasteiger charge is 2.22. The Morgan fingerprint density at radius 2 is 1.62 bits per heavy atom. The van der Waals surface area contributed by atoms with Crippen LogP contribution < -0.4 is 5.32 Å². The Balaban J connectivity index is 1.41. The molecule has 3 rings (SSSR count). The van der Waals surface area contributed by atoms with Gasteiger partial charge < -0.3 is 10.2 Å². The van der Waals surface area contributed by atoms with Crippen molar-refractivity contribution in [2.45, 2.75) is 45.2 Å². The van der Waals surface area contributed by atoms with Crippen molar-refractivity contribution in [3.63, 3.8) is 0 Å². The molecule has 1 aliphatic heterocycles. The second-order valence-corrected chi connectivity index (χ2v) is 6.78. The molecule has 0 saturated heterocycles. The zero-order valence-corrected chi connectivity index (χ0v) is 15.3. The summed E-state index contributed by atoms with van der Waals surface area (Å²) in [5, 5.41) is 2.99. The average molecular weight is 350 g/mol. The summed E-state index contributed by atoms with van der Waals surface area (Å²) in [6, 6.07) is 18.0. The molecule has 0 aromatic heterocycles. The van der Waals surface area contributed by atoms with Crippen molar-refractivity contribution in [2.75, 3.05) is 6.54 Å². The second-order valence-electron chi connectivity index (χ2n) is 6.78. The Hall–Kier alpha value is -2.62. The molecule has 1 heterocycles. The molecule has 2 aromatic rings. The Bertz CT molecular complexity index is 733. The van der Waals surface area contributed by atoms with Gasteiger partial charge in [-0.3, -0.25) is 9.59 Å². The molecule has 0 aliphatic carbocycles. The summed E-state index contributed by atoms with van der Waals surface area (Å²) in [6.07, 6.45) is 1.90. The summed E-state index contributed by atoms with van der Waals surface area (Å²) < 4.78 is 0. The predicted molar refractivity (Wildman–Crippen MR) is 102 cm³/mol. The highest BCUT2D eigenvalue weighted by Crippen LogP contribution is 2.23. The van der Waals surface area contributed by atoms with Crippen LogP contribution in [0.2, 0.25) is 0 Å². The molecule has 4 nitrogen and oxygen atoms in total. The highest BCUT2D eigenvalue weighted by molar-refractivity contribution is 5.83. The third kappa shape index (κ3) is 4.31. The molecule has 4 heteroatoms. The molecule has 0 saturated carbocycles. The summed E-state index contributed by atoms with van der Waals surface area (Å²) in [6.45, 7) is 3.96. The quantitative estimate of drug-likeness (QED) is 0.776. The summed E-state index contributed by atoms with van der Waals surface area (Å²) in [5.74, 6) is 0.0743. The van der Waals surface area contributed by atoms with Gasteiger partial charge in [-0.25, -0.2) is 0 Å². The molecular weight excluding hydrogens is 324 g/mol. The number of hydrogen-bond acceptors (Lipinski definition) is 2. The van der Waals surface area contributed by atoms with Crippen LogP contribution >= 0.6 is 0 Å². The number of rotatable bonds is 7. The fourth-order valence-corrected chi connectivity index (χ4v) is 3.50. The van der Waals surface area contributed by atoms with Gasteiger partial charge in [0.1, 0.15) is 0 Å². The summed E-state index contributed by atoms with van der Waals surface area (Å²) in [4.78, 5) is 26.7. The van der Waals surface area contributed by atoms with E-state index in [1.54, 1.807) is 0 Å². The van der Waals surface area contributed by atoms with Gasteiger partial charge in [-0.2, -0.15) is 0 Å². The Kier molecular flexibility index (Phi) is 6.05. The summed E-state index contributed by atoms with van der Waals surface area (Å²) >= 11 is 0. The molecule has 0 spiro atoms. The number of nitrogens with zero attached hydrogens (tertiary/aromatic N) is 1. The van der Waals surface area contributed by atoms with Crippen LogP contribution in [0.25, 0.3) is 0 Å². The molecule has 1 N–H and O–H groups in total. The first-order valence-electron chi connectivity index (χ1n) is 9.36. The van der Waals surface area contributed by atoms with Gasteiger partial charge in [-0.05, 0) is 29.5 Å². The molecule has 2 amide bonds. The molecule has 2 aromatic carbocycles. The van der Waals surface area contributed by atoms with E-state index in [1.807, 2.05) is 54.3 Å². The van der Waals surface area contributed by atoms with Crippen LogP contribution in [0.4, 0.5) is 0 Å². The van der Waals surface area contributed by atoms with Crippen LogP contribution in [-0.2, 0) is 22.7 Å². The minimum atomic E-state index is -0.125. The number of nitrogens with one attached hydrogen (secondary N) is 1. The third-order valence-electron chi connectivity index (χ3n) is 4.99. The second kappa shape index (κ2) is 8.65. The fourth-order valence-electron chi connectivity index (χ4n) is 3.50. The van der Waals surface area contributed by atoms with E-state index in [2.05, 4.69) is 17.4 Å². The first kappa shape index (κ1) is 18.2. The molecule has 1 atom stereocenters. The minimum Gasteiger partial charge on any atom is -0.356 e. The zero-order chi connectivity index (χ0) is 18.4. The van der Waals surface area contributed by atoms with Crippen molar-refractivity contribution in [1.29, 1.82) is 0 Å². The van der Waals surface area contributed by atoms with Crippen LogP contribution in [-0.4, -0.2) is 23.3 Å². The molecule has 136 valence electrons. The molecule has 1 unspecified atom stereocenters. The Morgan fingerprint density at radius 3 is 2.23 bits per heavy atom. The fraction of sp³-hybridized carbons (Fsp3) is 0.364. The average Bonchev–Trinajstić information content (AvgIpc) is 3.11. The lowest BCUT2D eigenvalue weighted by atomic mass is 9.95. The van der Waals surface area contributed by atoms with E-state index < -0.39 is 0 Å². The number of fused-ring (bicyclic) bond motifs is 1. The topological polar surface area (TPSA) is 49.4 Å². The predicted octanol–water partition coefficient (Wildman–Crippen LogP) is 3.62. The van der Waals surface area contributed by atoms with Crippen molar-refractivity contribution in [3.8, 4) is 0 Å². The minimum absolute atomic E-state index is 0.0414. The molecule has 26 heavy (non-hydrogen) atoms. The van der Waals surface area contributed by atoms with Crippen molar-refractivity contribution < 1.29 is 9.59 Å². The van der Waals surface area contributed by atoms with Gasteiger partial charge in [0.25, 0.3) is 0 Å². The van der Waals surface area contributed by atoms with Crippen molar-refractivity contribution in [3.05, 3.63) is 71.3 Å². The third-order valence-corrected chi connectivity index (χ3v) is 4.99. The highest BCUT2D eigenvalue weighted by atomic mass is 16.2. The monoisotopic (exact) mass is 350 g/mol. The van der Waals surface area contributed by atoms with E-state index in [0.717, 1.165) is 12.0 Å². The van der Waals surface area contributed by atoms with Crippen LogP contribution in [0.5, 0.6) is 0 Å². The first-order valence-corrected chi connectivity index (χ1v) is 9.36. The lowest BCUT2D eigenvalue weighted by Crippen LogP contribution is -2.31. The van der Waals surface area contributed by atoms with Gasteiger partial charge in [0.2, 0.25) is 11.8 Å². The smallest absolute Gasteiger partial charge is 0.227 e. The maximum atomic E-state index is 12.4. The molecule has 1 aliphatic rings. The lowest BCUT2D eigenvalue weighted by molar-refractivity contribution is -0.132. The Labute approximate surface area is 155 Å². The first-order chi connectivity index (χ1) is 12.7. The molecular formula is C22H26N2O2. The normalized spacial score (nSPS) is 14.0. The van der Waals surface area contributed by atoms with Gasteiger partial charge in [0.15, 0.2) is 0 Å². The van der Waals surface area contributed by atoms with Crippen molar-refractivity contribution in [2.24, 2.45) is 0 Å². The van der Waals surface area contributed by atoms with E-state index in [1.165, 1.54) is 11.1 Å². The molecule has 0 radical (unpaired) electrons. The Morgan fingerprint density at radius 1 is 1.00 bits per heavy atom. The van der Waals surface area contributed by atoms with Gasteiger partial charge in [-0.15, -0.1) is 0 Å². The molecule has 0 bridgehead atoms. The van der Waals surface area contributed by atoms with Crippen LogP contribution in [0.3, 0.4) is 0 Å². The molecule has 0 fully saturated rings. The van der Waals surface area contributed by atoms with E-state index >= 15 is 0 Å². The van der Waals surface area contributed by atoms with E-state index in [0.29, 0.717) is 32.5 Å². The number of carbonyl (C=O) groups excluding carboxylic acids is 2. The zero-order valence-electron chi connectivity index (χ0n) is 15.3. The van der Waals surface area contributed by atoms with Crippen LogP contribution in [0, 0.1) is 0 Å². The van der Waals surface area contributed by atoms with E-state index in [-0.39, 0.29) is 17.7 Å². The maximum absolute atomic E-state index is 12.4. The number of carbonyl (C=O) groups is 2. The maximum Gasteiger partial charge on any atom is 0.227 e. The largest absolute Gasteiger partial charge is 0.356 e. The van der Waals surface area contributed by atoms with Gasteiger partial charge in [-0.1, -0.05) is 61.5 Å². The number of hydrogen-bond donors (Lipinski definition) is 1. The number of benzene rings is 2.